The molecule has 1 aliphatic rings. The highest BCUT2D eigenvalue weighted by Gasteiger charge is 2.57. The van der Waals surface area contributed by atoms with Gasteiger partial charge in [-0.1, -0.05) is 36.4 Å². The van der Waals surface area contributed by atoms with Crippen molar-refractivity contribution in [2.75, 3.05) is 20.3 Å². The van der Waals surface area contributed by atoms with Gasteiger partial charge in [0.1, 0.15) is 12.5 Å². The van der Waals surface area contributed by atoms with E-state index in [9.17, 15) is 19.5 Å². The molecule has 0 radical (unpaired) electrons. The Morgan fingerprint density at radius 3 is 2.29 bits per heavy atom. The van der Waals surface area contributed by atoms with Crippen LogP contribution in [0.1, 0.15) is 44.2 Å². The van der Waals surface area contributed by atoms with Crippen LogP contribution in [0.25, 0.3) is 0 Å². The third kappa shape index (κ3) is 5.82. The van der Waals surface area contributed by atoms with Crippen LogP contribution in [0.3, 0.4) is 0 Å². The van der Waals surface area contributed by atoms with Crippen molar-refractivity contribution >= 4 is 17.7 Å². The molecule has 1 aliphatic carbocycles. The zero-order valence-corrected chi connectivity index (χ0v) is 20.5. The summed E-state index contributed by atoms with van der Waals surface area (Å²) in [6.07, 6.45) is -0.369. The number of ether oxygens (including phenoxy) is 4. The molecule has 1 N–H and O–H groups in total. The number of benzene rings is 2. The zero-order valence-electron chi connectivity index (χ0n) is 20.5. The van der Waals surface area contributed by atoms with E-state index < -0.39 is 41.1 Å². The number of aliphatic hydroxyl groups is 1. The molecule has 0 amide bonds. The second-order valence-corrected chi connectivity index (χ2v) is 8.67. The molecule has 0 aliphatic heterocycles. The van der Waals surface area contributed by atoms with E-state index >= 15 is 0 Å². The first-order chi connectivity index (χ1) is 16.7. The summed E-state index contributed by atoms with van der Waals surface area (Å²) < 4.78 is 21.9. The highest BCUT2D eigenvalue weighted by atomic mass is 16.5. The molecule has 0 unspecified atom stereocenters. The predicted octanol–water partition coefficient (Wildman–Crippen LogP) is 3.44. The van der Waals surface area contributed by atoms with E-state index in [1.54, 1.807) is 32.0 Å². The third-order valence-electron chi connectivity index (χ3n) is 6.16. The Kier molecular flexibility index (Phi) is 8.51. The van der Waals surface area contributed by atoms with Crippen molar-refractivity contribution in [3.8, 4) is 11.5 Å². The number of hydrogen-bond donors (Lipinski definition) is 1. The molecule has 3 rings (SSSR count). The lowest BCUT2D eigenvalue weighted by Gasteiger charge is -2.43. The van der Waals surface area contributed by atoms with Crippen LogP contribution >= 0.6 is 0 Å². The Morgan fingerprint density at radius 2 is 1.66 bits per heavy atom. The molecular formula is C27H32O8. The Hall–Kier alpha value is -3.39. The normalized spacial score (nSPS) is 23.9. The highest BCUT2D eigenvalue weighted by molar-refractivity contribution is 6.02. The van der Waals surface area contributed by atoms with Gasteiger partial charge in [0.2, 0.25) is 0 Å². The summed E-state index contributed by atoms with van der Waals surface area (Å²) in [6, 6.07) is 14.6. The van der Waals surface area contributed by atoms with Gasteiger partial charge < -0.3 is 24.1 Å². The van der Waals surface area contributed by atoms with Gasteiger partial charge in [0, 0.05) is 12.3 Å². The van der Waals surface area contributed by atoms with Crippen LogP contribution in [0.2, 0.25) is 0 Å². The largest absolute Gasteiger partial charge is 0.493 e. The fourth-order valence-corrected chi connectivity index (χ4v) is 4.63. The summed E-state index contributed by atoms with van der Waals surface area (Å²) in [5.41, 5.74) is -0.289. The molecule has 0 bridgehead atoms. The number of Topliss-reactive ketones (excluding diaryl/α,β-unsaturated/α-hetero) is 1. The van der Waals surface area contributed by atoms with E-state index in [0.29, 0.717) is 23.7 Å². The summed E-state index contributed by atoms with van der Waals surface area (Å²) >= 11 is 0. The lowest BCUT2D eigenvalue weighted by Crippen LogP contribution is -2.55. The van der Waals surface area contributed by atoms with Crippen molar-refractivity contribution in [2.45, 2.75) is 45.3 Å². The molecule has 2 aromatic carbocycles. The molecule has 0 heterocycles. The molecule has 2 aromatic rings. The highest BCUT2D eigenvalue weighted by Crippen LogP contribution is 2.48. The van der Waals surface area contributed by atoms with E-state index in [2.05, 4.69) is 0 Å². The third-order valence-corrected chi connectivity index (χ3v) is 6.16. The minimum absolute atomic E-state index is 0.0748. The molecular weight excluding hydrogens is 452 g/mol. The van der Waals surface area contributed by atoms with Crippen LogP contribution < -0.4 is 9.47 Å². The number of carbonyl (C=O) groups excluding carboxylic acids is 3. The van der Waals surface area contributed by atoms with Crippen molar-refractivity contribution in [2.24, 2.45) is 11.8 Å². The van der Waals surface area contributed by atoms with Gasteiger partial charge in [-0.2, -0.15) is 0 Å². The SMILES string of the molecule is CCOC(=O)[C@H]1C(=O)C[C@](C)(O)[C@@H](C(=O)OCC)[C@H]1c1ccc(OCc2ccccc2)c(OC)c1. The average Bonchev–Trinajstić information content (AvgIpc) is 2.82. The van der Waals surface area contributed by atoms with Crippen LogP contribution in [0, 0.1) is 11.8 Å². The lowest BCUT2D eigenvalue weighted by atomic mass is 9.61. The second kappa shape index (κ2) is 11.4. The number of carbonyl (C=O) groups is 3. The molecule has 0 spiro atoms. The van der Waals surface area contributed by atoms with Gasteiger partial charge in [-0.15, -0.1) is 0 Å². The van der Waals surface area contributed by atoms with Crippen molar-refractivity contribution in [1.82, 2.24) is 0 Å². The van der Waals surface area contributed by atoms with Crippen molar-refractivity contribution < 1.29 is 38.4 Å². The van der Waals surface area contributed by atoms with E-state index in [0.717, 1.165) is 5.56 Å². The number of ketones is 1. The van der Waals surface area contributed by atoms with Gasteiger partial charge in [0.05, 0.1) is 31.8 Å². The molecule has 4 atom stereocenters. The second-order valence-electron chi connectivity index (χ2n) is 8.67. The van der Waals surface area contributed by atoms with Crippen LogP contribution in [0.15, 0.2) is 48.5 Å². The summed E-state index contributed by atoms with van der Waals surface area (Å²) in [5, 5.41) is 11.1. The van der Waals surface area contributed by atoms with E-state index in [4.69, 9.17) is 18.9 Å². The van der Waals surface area contributed by atoms with Gasteiger partial charge in [0.15, 0.2) is 17.3 Å². The van der Waals surface area contributed by atoms with Gasteiger partial charge in [0.25, 0.3) is 0 Å². The van der Waals surface area contributed by atoms with Crippen molar-refractivity contribution in [3.63, 3.8) is 0 Å². The summed E-state index contributed by atoms with van der Waals surface area (Å²) in [4.78, 5) is 38.9. The molecule has 0 aromatic heterocycles. The molecule has 8 nitrogen and oxygen atoms in total. The maximum atomic E-state index is 13.0. The van der Waals surface area contributed by atoms with E-state index in [1.807, 2.05) is 30.3 Å². The van der Waals surface area contributed by atoms with Crippen LogP contribution in [-0.4, -0.2) is 48.8 Å². The topological polar surface area (TPSA) is 108 Å². The molecule has 8 heteroatoms. The average molecular weight is 485 g/mol. The number of rotatable bonds is 9. The maximum Gasteiger partial charge on any atom is 0.317 e. The fraction of sp³-hybridized carbons (Fsp3) is 0.444. The van der Waals surface area contributed by atoms with E-state index in [1.165, 1.54) is 14.0 Å². The first-order valence-corrected chi connectivity index (χ1v) is 11.7. The van der Waals surface area contributed by atoms with Crippen LogP contribution in [0.4, 0.5) is 0 Å². The summed E-state index contributed by atoms with van der Waals surface area (Å²) in [6.45, 7) is 5.18. The monoisotopic (exact) mass is 484 g/mol. The van der Waals surface area contributed by atoms with Gasteiger partial charge >= 0.3 is 11.9 Å². The quantitative estimate of drug-likeness (QED) is 0.426. The minimum Gasteiger partial charge on any atom is -0.493 e. The van der Waals surface area contributed by atoms with Crippen LogP contribution in [0.5, 0.6) is 11.5 Å². The lowest BCUT2D eigenvalue weighted by molar-refractivity contribution is -0.172. The molecule has 0 saturated heterocycles. The zero-order chi connectivity index (χ0) is 25.6. The fourth-order valence-electron chi connectivity index (χ4n) is 4.63. The minimum atomic E-state index is -1.72. The smallest absolute Gasteiger partial charge is 0.317 e. The van der Waals surface area contributed by atoms with Crippen molar-refractivity contribution in [1.29, 1.82) is 0 Å². The molecule has 1 saturated carbocycles. The van der Waals surface area contributed by atoms with Gasteiger partial charge in [-0.05, 0) is 44.0 Å². The predicted molar refractivity (Wildman–Crippen MR) is 127 cm³/mol. The van der Waals surface area contributed by atoms with Gasteiger partial charge in [-0.25, -0.2) is 0 Å². The Labute approximate surface area is 205 Å². The summed E-state index contributed by atoms with van der Waals surface area (Å²) in [7, 11) is 1.47. The Bertz CT molecular complexity index is 1050. The molecule has 1 fully saturated rings. The first-order valence-electron chi connectivity index (χ1n) is 11.7. The first kappa shape index (κ1) is 26.2. The standard InChI is InChI=1S/C27H32O8/c1-5-33-25(29)23-19(28)15-27(3,31)24(26(30)34-6-2)22(23)18-12-13-20(21(14-18)32-4)35-16-17-10-8-7-9-11-17/h7-14,22-24,31H,5-6,15-16H2,1-4H3/t22-,23-,24+,27-/m0/s1. The van der Waals surface area contributed by atoms with Crippen LogP contribution in [-0.2, 0) is 30.5 Å². The summed E-state index contributed by atoms with van der Waals surface area (Å²) in [5.74, 6) is -4.57. The maximum absolute atomic E-state index is 13.0. The van der Waals surface area contributed by atoms with Gasteiger partial charge in [-0.3, -0.25) is 14.4 Å². The number of methoxy groups -OCH3 is 1. The number of esters is 2. The van der Waals surface area contributed by atoms with Crippen molar-refractivity contribution in [3.05, 3.63) is 59.7 Å². The number of hydrogen-bond acceptors (Lipinski definition) is 8. The Balaban J connectivity index is 2.04. The Morgan fingerprint density at radius 1 is 1.00 bits per heavy atom. The van der Waals surface area contributed by atoms with E-state index in [-0.39, 0.29) is 19.6 Å². The molecule has 188 valence electrons. The molecule has 35 heavy (non-hydrogen) atoms.